The monoisotopic (exact) mass is 271 g/mol. The number of pyridine rings is 1. The van der Waals surface area contributed by atoms with Crippen LogP contribution in [0.2, 0.25) is 0 Å². The Balaban J connectivity index is 1.77. The van der Waals surface area contributed by atoms with Gasteiger partial charge >= 0.3 is 0 Å². The summed E-state index contributed by atoms with van der Waals surface area (Å²) in [5, 5.41) is 2.48. The molecule has 0 radical (unpaired) electrons. The molecular formula is C18H13N3. The largest absolute Gasteiger partial charge is 0.338 e. The molecule has 4 rings (SSSR count). The highest BCUT2D eigenvalue weighted by atomic mass is 14.9. The van der Waals surface area contributed by atoms with Crippen LogP contribution in [-0.2, 0) is 0 Å². The highest BCUT2D eigenvalue weighted by Crippen LogP contribution is 2.25. The summed E-state index contributed by atoms with van der Waals surface area (Å²) < 4.78 is 0. The van der Waals surface area contributed by atoms with Crippen LogP contribution in [0.3, 0.4) is 0 Å². The quantitative estimate of drug-likeness (QED) is 0.591. The van der Waals surface area contributed by atoms with E-state index < -0.39 is 0 Å². The normalized spacial score (nSPS) is 10.9. The number of imidazole rings is 1. The summed E-state index contributed by atoms with van der Waals surface area (Å²) in [5.74, 6) is 0.862. The van der Waals surface area contributed by atoms with Crippen LogP contribution in [0.15, 0.2) is 73.2 Å². The predicted octanol–water partition coefficient (Wildman–Crippen LogP) is 4.29. The van der Waals surface area contributed by atoms with E-state index in [1.54, 1.807) is 12.4 Å². The maximum Gasteiger partial charge on any atom is 0.137 e. The van der Waals surface area contributed by atoms with Gasteiger partial charge in [-0.1, -0.05) is 36.4 Å². The van der Waals surface area contributed by atoms with Gasteiger partial charge in [0.05, 0.1) is 11.9 Å². The van der Waals surface area contributed by atoms with E-state index in [1.165, 1.54) is 10.8 Å². The molecule has 100 valence electrons. The first-order valence-corrected chi connectivity index (χ1v) is 6.85. The zero-order chi connectivity index (χ0) is 14.1. The number of nitrogens with zero attached hydrogens (tertiary/aromatic N) is 2. The average molecular weight is 271 g/mol. The van der Waals surface area contributed by atoms with Crippen LogP contribution in [-0.4, -0.2) is 15.0 Å². The lowest BCUT2D eigenvalue weighted by atomic mass is 10.1. The molecule has 0 saturated heterocycles. The number of aromatic nitrogens is 3. The minimum atomic E-state index is 0.862. The number of aromatic amines is 1. The number of rotatable bonds is 2. The zero-order valence-electron chi connectivity index (χ0n) is 11.3. The van der Waals surface area contributed by atoms with Crippen molar-refractivity contribution in [1.82, 2.24) is 15.0 Å². The molecule has 0 aliphatic carbocycles. The van der Waals surface area contributed by atoms with E-state index in [4.69, 9.17) is 0 Å². The van der Waals surface area contributed by atoms with Crippen LogP contribution in [0.4, 0.5) is 0 Å². The third-order valence-corrected chi connectivity index (χ3v) is 3.59. The average Bonchev–Trinajstić information content (AvgIpc) is 3.05. The van der Waals surface area contributed by atoms with Crippen LogP contribution in [0.5, 0.6) is 0 Å². The molecule has 2 aromatic carbocycles. The van der Waals surface area contributed by atoms with Crippen LogP contribution in [0.1, 0.15) is 0 Å². The molecule has 4 aromatic rings. The maximum atomic E-state index is 4.46. The van der Waals surface area contributed by atoms with Gasteiger partial charge in [-0.3, -0.25) is 4.98 Å². The first-order chi connectivity index (χ1) is 10.4. The summed E-state index contributed by atoms with van der Waals surface area (Å²) >= 11 is 0. The Morgan fingerprint density at radius 1 is 0.762 bits per heavy atom. The fraction of sp³-hybridized carbons (Fsp3) is 0. The van der Waals surface area contributed by atoms with E-state index in [2.05, 4.69) is 57.4 Å². The van der Waals surface area contributed by atoms with E-state index in [0.717, 1.165) is 22.6 Å². The minimum Gasteiger partial charge on any atom is -0.338 e. The van der Waals surface area contributed by atoms with E-state index in [1.807, 2.05) is 18.3 Å². The van der Waals surface area contributed by atoms with E-state index in [0.29, 0.717) is 0 Å². The van der Waals surface area contributed by atoms with Crippen molar-refractivity contribution in [2.45, 2.75) is 0 Å². The molecule has 0 aliphatic rings. The van der Waals surface area contributed by atoms with E-state index in [-0.39, 0.29) is 0 Å². The second-order valence-electron chi connectivity index (χ2n) is 4.94. The smallest absolute Gasteiger partial charge is 0.137 e. The predicted molar refractivity (Wildman–Crippen MR) is 84.8 cm³/mol. The number of H-pyrrole nitrogens is 1. The van der Waals surface area contributed by atoms with Crippen LogP contribution >= 0.6 is 0 Å². The maximum absolute atomic E-state index is 4.46. The summed E-state index contributed by atoms with van der Waals surface area (Å²) in [6.45, 7) is 0. The first-order valence-electron chi connectivity index (χ1n) is 6.85. The summed E-state index contributed by atoms with van der Waals surface area (Å²) in [6.07, 6.45) is 5.42. The van der Waals surface area contributed by atoms with Gasteiger partial charge in [0, 0.05) is 23.5 Å². The summed E-state index contributed by atoms with van der Waals surface area (Å²) in [6, 6.07) is 18.7. The van der Waals surface area contributed by atoms with Crippen LogP contribution in [0, 0.1) is 0 Å². The number of hydrogen-bond donors (Lipinski definition) is 1. The Morgan fingerprint density at radius 2 is 1.57 bits per heavy atom. The Hall–Kier alpha value is -2.94. The van der Waals surface area contributed by atoms with Gasteiger partial charge in [0.2, 0.25) is 0 Å². The molecule has 2 heterocycles. The molecule has 0 unspecified atom stereocenters. The topological polar surface area (TPSA) is 41.6 Å². The van der Waals surface area contributed by atoms with Crippen LogP contribution in [0.25, 0.3) is 33.4 Å². The molecule has 3 nitrogen and oxygen atoms in total. The van der Waals surface area contributed by atoms with E-state index in [9.17, 15) is 0 Å². The molecule has 3 heteroatoms. The summed E-state index contributed by atoms with van der Waals surface area (Å²) in [7, 11) is 0. The molecular weight excluding hydrogens is 258 g/mol. The fourth-order valence-electron chi connectivity index (χ4n) is 2.48. The number of benzene rings is 2. The van der Waals surface area contributed by atoms with Crippen molar-refractivity contribution in [3.63, 3.8) is 0 Å². The molecule has 0 saturated carbocycles. The van der Waals surface area contributed by atoms with Crippen molar-refractivity contribution in [1.29, 1.82) is 0 Å². The highest BCUT2D eigenvalue weighted by Gasteiger charge is 2.05. The molecule has 1 N–H and O–H groups in total. The van der Waals surface area contributed by atoms with Gasteiger partial charge in [-0.15, -0.1) is 0 Å². The van der Waals surface area contributed by atoms with Gasteiger partial charge in [-0.05, 0) is 29.0 Å². The lowest BCUT2D eigenvalue weighted by Crippen LogP contribution is -1.82. The van der Waals surface area contributed by atoms with Crippen molar-refractivity contribution in [2.75, 3.05) is 0 Å². The Morgan fingerprint density at radius 3 is 2.43 bits per heavy atom. The Kier molecular flexibility index (Phi) is 2.75. The second kappa shape index (κ2) is 4.87. The molecule has 2 aromatic heterocycles. The molecule has 0 atom stereocenters. The number of nitrogens with one attached hydrogen (secondary N) is 1. The molecule has 21 heavy (non-hydrogen) atoms. The van der Waals surface area contributed by atoms with Crippen molar-refractivity contribution < 1.29 is 0 Å². The van der Waals surface area contributed by atoms with Crippen molar-refractivity contribution in [3.8, 4) is 22.6 Å². The summed E-state index contributed by atoms with van der Waals surface area (Å²) in [5.41, 5.74) is 3.20. The summed E-state index contributed by atoms with van der Waals surface area (Å²) in [4.78, 5) is 11.9. The Labute approximate surface area is 122 Å². The third-order valence-electron chi connectivity index (χ3n) is 3.59. The third kappa shape index (κ3) is 2.19. The van der Waals surface area contributed by atoms with Crippen molar-refractivity contribution in [3.05, 3.63) is 73.2 Å². The number of hydrogen-bond acceptors (Lipinski definition) is 2. The second-order valence-corrected chi connectivity index (χ2v) is 4.94. The van der Waals surface area contributed by atoms with Gasteiger partial charge in [0.1, 0.15) is 5.82 Å². The molecule has 0 bridgehead atoms. The zero-order valence-corrected chi connectivity index (χ0v) is 11.3. The van der Waals surface area contributed by atoms with Crippen LogP contribution < -0.4 is 0 Å². The molecule has 0 aliphatic heterocycles. The first kappa shape index (κ1) is 11.9. The number of fused-ring (bicyclic) bond motifs is 1. The Bertz CT molecular complexity index is 894. The van der Waals surface area contributed by atoms with Gasteiger partial charge in [0.25, 0.3) is 0 Å². The minimum absolute atomic E-state index is 0.862. The lowest BCUT2D eigenvalue weighted by Gasteiger charge is -2.01. The SMILES string of the molecule is c1ccc2cc(-c3cnc(-c4ccncc4)[nH]3)ccc2c1. The highest BCUT2D eigenvalue weighted by molar-refractivity contribution is 5.86. The molecule has 0 spiro atoms. The fourth-order valence-corrected chi connectivity index (χ4v) is 2.48. The van der Waals surface area contributed by atoms with Crippen molar-refractivity contribution in [2.24, 2.45) is 0 Å². The van der Waals surface area contributed by atoms with E-state index >= 15 is 0 Å². The van der Waals surface area contributed by atoms with Gasteiger partial charge in [-0.2, -0.15) is 0 Å². The van der Waals surface area contributed by atoms with Gasteiger partial charge in [-0.25, -0.2) is 4.98 Å². The molecule has 0 fully saturated rings. The molecule has 0 amide bonds. The van der Waals surface area contributed by atoms with Gasteiger partial charge < -0.3 is 4.98 Å². The van der Waals surface area contributed by atoms with Gasteiger partial charge in [0.15, 0.2) is 0 Å². The van der Waals surface area contributed by atoms with Crippen molar-refractivity contribution >= 4 is 10.8 Å². The lowest BCUT2D eigenvalue weighted by molar-refractivity contribution is 1.27. The standard InChI is InChI=1S/C18H13N3/c1-2-4-15-11-16(6-5-13(15)3-1)17-12-20-18(21-17)14-7-9-19-10-8-14/h1-12H,(H,20,21).